The highest BCUT2D eigenvalue weighted by Crippen LogP contribution is 2.23. The van der Waals surface area contributed by atoms with E-state index in [1.807, 2.05) is 0 Å². The highest BCUT2D eigenvalue weighted by atomic mass is 15.1. The van der Waals surface area contributed by atoms with Crippen molar-refractivity contribution in [3.8, 4) is 0 Å². The van der Waals surface area contributed by atoms with Gasteiger partial charge in [-0.25, -0.2) is 0 Å². The molecule has 1 rings (SSSR count). The summed E-state index contributed by atoms with van der Waals surface area (Å²) in [5, 5.41) is 0. The summed E-state index contributed by atoms with van der Waals surface area (Å²) < 4.78 is 0. The Labute approximate surface area is 192 Å². The molecule has 1 nitrogen and oxygen atoms in total. The summed E-state index contributed by atoms with van der Waals surface area (Å²) in [6.07, 6.45) is 33.7. The maximum atomic E-state index is 2.80. The molecule has 0 amide bonds. The van der Waals surface area contributed by atoms with Crippen LogP contribution in [0.2, 0.25) is 0 Å². The SMILES string of the molecule is CCCCCCCCCCCCC1CCCN(CCCCCCCCCCCC)C1. The van der Waals surface area contributed by atoms with Crippen molar-refractivity contribution in [2.75, 3.05) is 19.6 Å². The number of hydrogen-bond donors (Lipinski definition) is 0. The lowest BCUT2D eigenvalue weighted by Gasteiger charge is -2.32. The van der Waals surface area contributed by atoms with E-state index >= 15 is 0 Å². The highest BCUT2D eigenvalue weighted by molar-refractivity contribution is 4.73. The number of likely N-dealkylation sites (tertiary alicyclic amines) is 1. The molecule has 0 aromatic rings. The second-order valence-corrected chi connectivity index (χ2v) is 10.5. The number of rotatable bonds is 22. The Morgan fingerprint density at radius 1 is 0.533 bits per heavy atom. The molecule has 1 fully saturated rings. The van der Waals surface area contributed by atoms with Crippen molar-refractivity contribution in [1.82, 2.24) is 4.90 Å². The molecule has 1 aliphatic rings. The van der Waals surface area contributed by atoms with Crippen molar-refractivity contribution in [2.24, 2.45) is 5.92 Å². The summed E-state index contributed by atoms with van der Waals surface area (Å²) in [6, 6.07) is 0. The van der Waals surface area contributed by atoms with E-state index in [0.29, 0.717) is 0 Å². The van der Waals surface area contributed by atoms with Gasteiger partial charge in [0.25, 0.3) is 0 Å². The van der Waals surface area contributed by atoms with Crippen molar-refractivity contribution in [3.05, 3.63) is 0 Å². The average Bonchev–Trinajstić information content (AvgIpc) is 2.76. The molecule has 1 aliphatic heterocycles. The third-order valence-electron chi connectivity index (χ3n) is 7.40. The van der Waals surface area contributed by atoms with Crippen molar-refractivity contribution in [1.29, 1.82) is 0 Å². The van der Waals surface area contributed by atoms with Gasteiger partial charge in [0, 0.05) is 6.54 Å². The van der Waals surface area contributed by atoms with Crippen LogP contribution in [0.4, 0.5) is 0 Å². The van der Waals surface area contributed by atoms with Crippen LogP contribution >= 0.6 is 0 Å². The van der Waals surface area contributed by atoms with Gasteiger partial charge in [0.15, 0.2) is 0 Å². The number of piperidine rings is 1. The molecule has 1 saturated heterocycles. The van der Waals surface area contributed by atoms with Gasteiger partial charge < -0.3 is 4.90 Å². The van der Waals surface area contributed by atoms with Gasteiger partial charge in [-0.1, -0.05) is 136 Å². The molecule has 0 aromatic heterocycles. The fourth-order valence-electron chi connectivity index (χ4n) is 5.33. The Balaban J connectivity index is 1.86. The molecule has 180 valence electrons. The van der Waals surface area contributed by atoms with Gasteiger partial charge in [0.05, 0.1) is 0 Å². The molecule has 0 radical (unpaired) electrons. The number of unbranched alkanes of at least 4 members (excludes halogenated alkanes) is 18. The Kier molecular flexibility index (Phi) is 20.7. The van der Waals surface area contributed by atoms with Crippen molar-refractivity contribution in [2.45, 2.75) is 162 Å². The molecule has 0 spiro atoms. The smallest absolute Gasteiger partial charge is 0.000966 e. The standard InChI is InChI=1S/C29H59N/c1-3-5-7-9-11-13-15-17-19-21-24-29-25-23-27-30(28-29)26-22-20-18-16-14-12-10-8-6-4-2/h29H,3-28H2,1-2H3. The zero-order valence-corrected chi connectivity index (χ0v) is 21.4. The summed E-state index contributed by atoms with van der Waals surface area (Å²) in [5.74, 6) is 1.01. The molecule has 1 heteroatoms. The second-order valence-electron chi connectivity index (χ2n) is 10.5. The normalized spacial score (nSPS) is 17.6. The Morgan fingerprint density at radius 2 is 0.967 bits per heavy atom. The zero-order chi connectivity index (χ0) is 21.5. The van der Waals surface area contributed by atoms with Crippen LogP contribution in [0.3, 0.4) is 0 Å². The first kappa shape index (κ1) is 28.0. The van der Waals surface area contributed by atoms with Gasteiger partial charge in [-0.15, -0.1) is 0 Å². The minimum absolute atomic E-state index is 1.01. The first-order chi connectivity index (χ1) is 14.9. The van der Waals surface area contributed by atoms with Crippen molar-refractivity contribution in [3.63, 3.8) is 0 Å². The van der Waals surface area contributed by atoms with E-state index in [0.717, 1.165) is 5.92 Å². The maximum absolute atomic E-state index is 2.80. The summed E-state index contributed by atoms with van der Waals surface area (Å²) in [7, 11) is 0. The third kappa shape index (κ3) is 17.6. The van der Waals surface area contributed by atoms with E-state index in [9.17, 15) is 0 Å². The van der Waals surface area contributed by atoms with E-state index < -0.39 is 0 Å². The fraction of sp³-hybridized carbons (Fsp3) is 1.00. The monoisotopic (exact) mass is 421 g/mol. The fourth-order valence-corrected chi connectivity index (χ4v) is 5.33. The van der Waals surface area contributed by atoms with E-state index in [1.165, 1.54) is 167 Å². The molecule has 30 heavy (non-hydrogen) atoms. The summed E-state index contributed by atoms with van der Waals surface area (Å²) in [6.45, 7) is 8.79. The molecule has 1 unspecified atom stereocenters. The summed E-state index contributed by atoms with van der Waals surface area (Å²) in [4.78, 5) is 2.80. The highest BCUT2D eigenvalue weighted by Gasteiger charge is 2.18. The first-order valence-electron chi connectivity index (χ1n) is 14.6. The van der Waals surface area contributed by atoms with Crippen LogP contribution in [-0.2, 0) is 0 Å². The zero-order valence-electron chi connectivity index (χ0n) is 21.4. The molecule has 0 N–H and O–H groups in total. The largest absolute Gasteiger partial charge is 0.303 e. The molecular weight excluding hydrogens is 362 g/mol. The van der Waals surface area contributed by atoms with E-state index in [-0.39, 0.29) is 0 Å². The average molecular weight is 422 g/mol. The first-order valence-corrected chi connectivity index (χ1v) is 14.6. The van der Waals surface area contributed by atoms with Gasteiger partial charge in [0.1, 0.15) is 0 Å². The van der Waals surface area contributed by atoms with Crippen LogP contribution in [0.5, 0.6) is 0 Å². The van der Waals surface area contributed by atoms with Crippen LogP contribution in [0.15, 0.2) is 0 Å². The van der Waals surface area contributed by atoms with E-state index in [1.54, 1.807) is 0 Å². The predicted molar refractivity (Wildman–Crippen MR) is 137 cm³/mol. The van der Waals surface area contributed by atoms with Crippen LogP contribution in [0, 0.1) is 5.92 Å². The molecule has 0 bridgehead atoms. The van der Waals surface area contributed by atoms with E-state index in [4.69, 9.17) is 0 Å². The lowest BCUT2D eigenvalue weighted by atomic mass is 9.92. The molecule has 0 saturated carbocycles. The summed E-state index contributed by atoms with van der Waals surface area (Å²) >= 11 is 0. The van der Waals surface area contributed by atoms with Crippen LogP contribution < -0.4 is 0 Å². The molecule has 1 heterocycles. The molecule has 0 aromatic carbocycles. The summed E-state index contributed by atoms with van der Waals surface area (Å²) in [5.41, 5.74) is 0. The van der Waals surface area contributed by atoms with Crippen molar-refractivity contribution < 1.29 is 0 Å². The predicted octanol–water partition coefficient (Wildman–Crippen LogP) is 9.93. The maximum Gasteiger partial charge on any atom is 0.000966 e. The topological polar surface area (TPSA) is 3.24 Å². The van der Waals surface area contributed by atoms with Crippen molar-refractivity contribution >= 4 is 0 Å². The van der Waals surface area contributed by atoms with Gasteiger partial charge in [-0.2, -0.15) is 0 Å². The van der Waals surface area contributed by atoms with Gasteiger partial charge in [-0.3, -0.25) is 0 Å². The molecule has 0 aliphatic carbocycles. The van der Waals surface area contributed by atoms with E-state index in [2.05, 4.69) is 18.7 Å². The van der Waals surface area contributed by atoms with Crippen LogP contribution in [0.1, 0.15) is 162 Å². The lowest BCUT2D eigenvalue weighted by molar-refractivity contribution is 0.163. The van der Waals surface area contributed by atoms with Gasteiger partial charge in [0.2, 0.25) is 0 Å². The molecule has 1 atom stereocenters. The van der Waals surface area contributed by atoms with Crippen LogP contribution in [0.25, 0.3) is 0 Å². The number of nitrogens with zero attached hydrogens (tertiary/aromatic N) is 1. The van der Waals surface area contributed by atoms with Gasteiger partial charge >= 0.3 is 0 Å². The molecular formula is C29H59N. The lowest BCUT2D eigenvalue weighted by Crippen LogP contribution is -2.36. The Bertz CT molecular complexity index is 296. The Morgan fingerprint density at radius 3 is 1.47 bits per heavy atom. The Hall–Kier alpha value is -0.0400. The second kappa shape index (κ2) is 22.2. The van der Waals surface area contributed by atoms with Crippen LogP contribution in [-0.4, -0.2) is 24.5 Å². The third-order valence-corrected chi connectivity index (χ3v) is 7.40. The quantitative estimate of drug-likeness (QED) is 0.157. The van der Waals surface area contributed by atoms with Gasteiger partial charge in [-0.05, 0) is 44.7 Å². The minimum atomic E-state index is 1.01. The minimum Gasteiger partial charge on any atom is -0.303 e. The number of hydrogen-bond acceptors (Lipinski definition) is 1.